The van der Waals surface area contributed by atoms with E-state index in [1.54, 1.807) is 19.1 Å². The molecule has 0 unspecified atom stereocenters. The standard InChI is InChI=1S/2O.H2S.Ti/h;;1H2;/q2*-2;;+5/p-1. The molecule has 0 aliphatic carbocycles. The van der Waals surface area contributed by atoms with E-state index in [-0.39, 0.29) is 11.0 Å². The third-order valence-electron chi connectivity index (χ3n) is 0. The molecule has 0 bridgehead atoms. The molecule has 4 heavy (non-hydrogen) atoms. The Labute approximate surface area is 40.7 Å². The first kappa shape index (κ1) is 20.1. The van der Waals surface area contributed by atoms with Crippen LogP contribution in [0.4, 0.5) is 0 Å². The Morgan fingerprint density at radius 1 is 1.00 bits per heavy atom. The van der Waals surface area contributed by atoms with Gasteiger partial charge in [-0.05, 0) is 0 Å². The van der Waals surface area contributed by atoms with Gasteiger partial charge in [-0.1, -0.05) is 0 Å². The van der Waals surface area contributed by atoms with Gasteiger partial charge in [0.15, 0.2) is 0 Å². The van der Waals surface area contributed by atoms with E-state index in [1.807, 2.05) is 0 Å². The SMILES string of the molecule is [O-2].[O-2].[SH][Ti+4]. The van der Waals surface area contributed by atoms with Crippen molar-refractivity contribution in [2.24, 2.45) is 0 Å². The van der Waals surface area contributed by atoms with Gasteiger partial charge in [0, 0.05) is 0 Å². The van der Waals surface area contributed by atoms with Gasteiger partial charge in [-0.2, -0.15) is 0 Å². The van der Waals surface area contributed by atoms with Crippen molar-refractivity contribution in [3.63, 3.8) is 0 Å². The first-order chi connectivity index (χ1) is 1.00. The van der Waals surface area contributed by atoms with Crippen LogP contribution < -0.4 is 0 Å². The van der Waals surface area contributed by atoms with Crippen LogP contribution in [0.15, 0.2) is 0 Å². The Hall–Kier alpha value is 0.984. The Bertz CT molecular complexity index is 6.00. The molecule has 0 aliphatic rings. The molecule has 0 aromatic carbocycles. The maximum absolute atomic E-state index is 3.53. The first-order valence-electron chi connectivity index (χ1n) is 0.224. The Kier molecular flexibility index (Phi) is 184. The van der Waals surface area contributed by atoms with Crippen LogP contribution in [0.25, 0.3) is 0 Å². The molecule has 0 rings (SSSR count). The zero-order chi connectivity index (χ0) is 2.00. The fourth-order valence-corrected chi connectivity index (χ4v) is 0. The molecule has 0 amide bonds. The van der Waals surface area contributed by atoms with Gasteiger partial charge in [-0.3, -0.25) is 0 Å². The average Bonchev–Trinajstić information content (AvgIpc) is 1.00. The van der Waals surface area contributed by atoms with Crippen LogP contribution in [-0.4, -0.2) is 0 Å². The molecule has 4 heteroatoms. The molecular formula is HO2STi. The molecule has 0 aliphatic heterocycles. The van der Waals surface area contributed by atoms with Crippen LogP contribution in [0, 0.1) is 0 Å². The second-order valence-electron chi connectivity index (χ2n) is 0. The van der Waals surface area contributed by atoms with Gasteiger partial charge in [0.1, 0.15) is 0 Å². The van der Waals surface area contributed by atoms with Crippen molar-refractivity contribution in [2.45, 2.75) is 0 Å². The third kappa shape index (κ3) is 12.1. The Morgan fingerprint density at radius 3 is 1.00 bits per heavy atom. The number of thiol groups is 1. The molecule has 23 valence electrons. The van der Waals surface area contributed by atoms with Crippen LogP contribution in [-0.2, 0) is 30.1 Å². The number of rotatable bonds is 0. The van der Waals surface area contributed by atoms with E-state index >= 15 is 0 Å². The maximum atomic E-state index is 3.53. The third-order valence-corrected chi connectivity index (χ3v) is 0. The molecule has 0 spiro atoms. The summed E-state index contributed by atoms with van der Waals surface area (Å²) in [5.41, 5.74) is 0. The van der Waals surface area contributed by atoms with Crippen LogP contribution in [0.2, 0.25) is 0 Å². The van der Waals surface area contributed by atoms with Crippen molar-refractivity contribution in [3.8, 4) is 0 Å². The summed E-state index contributed by atoms with van der Waals surface area (Å²) in [6, 6.07) is 0. The number of hydrogen-bond acceptors (Lipinski definition) is 1. The van der Waals surface area contributed by atoms with Crippen molar-refractivity contribution >= 4 is 10.2 Å². The Balaban J connectivity index is -0.00000000500. The van der Waals surface area contributed by atoms with Gasteiger partial charge in [0.25, 0.3) is 0 Å². The normalized spacial score (nSPS) is 1.75. The summed E-state index contributed by atoms with van der Waals surface area (Å²) in [5, 5.41) is 0. The van der Waals surface area contributed by atoms with Crippen LogP contribution >= 0.6 is 10.2 Å². The van der Waals surface area contributed by atoms with E-state index < -0.39 is 0 Å². The van der Waals surface area contributed by atoms with Crippen molar-refractivity contribution in [1.29, 1.82) is 0 Å². The minimum atomic E-state index is 0. The quantitative estimate of drug-likeness (QED) is 0.343. The predicted molar refractivity (Wildman–Crippen MR) is 10.4 cm³/mol. The van der Waals surface area contributed by atoms with E-state index in [9.17, 15) is 0 Å². The van der Waals surface area contributed by atoms with Crippen LogP contribution in [0.1, 0.15) is 0 Å². The summed E-state index contributed by atoms with van der Waals surface area (Å²) < 4.78 is 0. The topological polar surface area (TPSA) is 57.0 Å². The zero-order valence-corrected chi connectivity index (χ0v) is 4.22. The van der Waals surface area contributed by atoms with Gasteiger partial charge < -0.3 is 11.0 Å². The summed E-state index contributed by atoms with van der Waals surface area (Å²) in [6.45, 7) is 0. The summed E-state index contributed by atoms with van der Waals surface area (Å²) in [7, 11) is 3.53. The molecular weight excluding hydrogens is 112 g/mol. The van der Waals surface area contributed by atoms with E-state index in [4.69, 9.17) is 0 Å². The fraction of sp³-hybridized carbons (Fsp3) is 0. The second-order valence-corrected chi connectivity index (χ2v) is 0. The van der Waals surface area contributed by atoms with Crippen molar-refractivity contribution < 1.29 is 30.1 Å². The minimum absolute atomic E-state index is 0. The molecule has 0 aromatic heterocycles. The van der Waals surface area contributed by atoms with Gasteiger partial charge in [-0.15, -0.1) is 0 Å². The summed E-state index contributed by atoms with van der Waals surface area (Å²) in [4.78, 5) is 0. The Morgan fingerprint density at radius 2 is 1.00 bits per heavy atom. The number of hydrogen-bond donors (Lipinski definition) is 1. The average molecular weight is 113 g/mol. The summed E-state index contributed by atoms with van der Waals surface area (Å²) in [5.74, 6) is 0. The van der Waals surface area contributed by atoms with Gasteiger partial charge in [0.05, 0.1) is 0 Å². The zero-order valence-electron chi connectivity index (χ0n) is 1.76. The van der Waals surface area contributed by atoms with E-state index in [0.29, 0.717) is 0 Å². The molecule has 0 saturated carbocycles. The molecule has 0 fully saturated rings. The van der Waals surface area contributed by atoms with Gasteiger partial charge in [0.2, 0.25) is 0 Å². The van der Waals surface area contributed by atoms with E-state index in [1.165, 1.54) is 0 Å². The molecule has 0 N–H and O–H groups in total. The molecule has 0 atom stereocenters. The van der Waals surface area contributed by atoms with E-state index in [2.05, 4.69) is 10.2 Å². The fourth-order valence-electron chi connectivity index (χ4n) is 0. The van der Waals surface area contributed by atoms with Gasteiger partial charge >= 0.3 is 29.3 Å². The summed E-state index contributed by atoms with van der Waals surface area (Å²) >= 11 is 1.69. The van der Waals surface area contributed by atoms with E-state index in [0.717, 1.165) is 0 Å². The van der Waals surface area contributed by atoms with Crippen molar-refractivity contribution in [3.05, 3.63) is 0 Å². The predicted octanol–water partition coefficient (Wildman–Crippen LogP) is 0.140. The molecule has 0 aromatic rings. The van der Waals surface area contributed by atoms with Crippen molar-refractivity contribution in [1.82, 2.24) is 0 Å². The second kappa shape index (κ2) is 36.6. The summed E-state index contributed by atoms with van der Waals surface area (Å²) in [6.07, 6.45) is 0. The monoisotopic (exact) mass is 113 g/mol. The molecule has 0 radical (unpaired) electrons. The molecule has 0 saturated heterocycles. The van der Waals surface area contributed by atoms with Crippen LogP contribution in [0.5, 0.6) is 0 Å². The first-order valence-corrected chi connectivity index (χ1v) is 2.77. The van der Waals surface area contributed by atoms with Gasteiger partial charge in [-0.25, -0.2) is 0 Å². The van der Waals surface area contributed by atoms with Crippen molar-refractivity contribution in [2.75, 3.05) is 0 Å². The molecule has 0 heterocycles. The van der Waals surface area contributed by atoms with Crippen LogP contribution in [0.3, 0.4) is 0 Å². The molecule has 2 nitrogen and oxygen atoms in total.